The average molecular weight is 379 g/mol. The van der Waals surface area contributed by atoms with E-state index in [1.54, 1.807) is 54.3 Å². The molecular weight excluding hydrogens is 358 g/mol. The Morgan fingerprint density at radius 3 is 2.75 bits per heavy atom. The maximum absolute atomic E-state index is 9.84. The summed E-state index contributed by atoms with van der Waals surface area (Å²) in [5.74, 6) is 1.39. The third-order valence-electron chi connectivity index (χ3n) is 4.10. The molecule has 0 amide bonds. The van der Waals surface area contributed by atoms with Gasteiger partial charge < -0.3 is 20.3 Å². The third-order valence-corrected chi connectivity index (χ3v) is 4.10. The molecule has 0 aliphatic rings. The van der Waals surface area contributed by atoms with Crippen molar-refractivity contribution in [2.24, 2.45) is 12.8 Å². The number of aliphatic hydroxyl groups is 1. The zero-order chi connectivity index (χ0) is 20.1. The number of hydrogen-bond donors (Lipinski definition) is 2. The van der Waals surface area contributed by atoms with E-state index in [1.165, 1.54) is 0 Å². The van der Waals surface area contributed by atoms with Crippen LogP contribution in [0.25, 0.3) is 11.3 Å². The van der Waals surface area contributed by atoms with Crippen molar-refractivity contribution in [1.82, 2.24) is 14.8 Å². The number of nitrogens with zero attached hydrogens (tertiary/aromatic N) is 4. The standard InChI is InChI=1S/C20H21N5O3/c1-3-27-19-9-20(25(2)24-19)28-18-8-13(10-21)4-6-15(18)16-7-5-14(12-23-16)17(26)11-22/h4-9,12,17,26H,3,11,22H2,1-2H3/t17-/m1/s1. The van der Waals surface area contributed by atoms with Gasteiger partial charge >= 0.3 is 0 Å². The summed E-state index contributed by atoms with van der Waals surface area (Å²) in [7, 11) is 1.74. The largest absolute Gasteiger partial charge is 0.477 e. The van der Waals surface area contributed by atoms with E-state index in [2.05, 4.69) is 16.2 Å². The Hall–Kier alpha value is -3.41. The van der Waals surface area contributed by atoms with Gasteiger partial charge in [0, 0.05) is 30.9 Å². The van der Waals surface area contributed by atoms with Crippen LogP contribution in [0.1, 0.15) is 24.2 Å². The van der Waals surface area contributed by atoms with Crippen molar-refractivity contribution < 1.29 is 14.6 Å². The van der Waals surface area contributed by atoms with Gasteiger partial charge in [-0.15, -0.1) is 5.10 Å². The predicted octanol–water partition coefficient (Wildman–Crippen LogP) is 2.54. The number of pyridine rings is 1. The summed E-state index contributed by atoms with van der Waals surface area (Å²) in [4.78, 5) is 4.41. The summed E-state index contributed by atoms with van der Waals surface area (Å²) in [6.07, 6.45) is 0.816. The van der Waals surface area contributed by atoms with Crippen LogP contribution in [0.5, 0.6) is 17.5 Å². The zero-order valence-electron chi connectivity index (χ0n) is 15.7. The molecule has 3 aromatic rings. The molecule has 0 aliphatic heterocycles. The minimum absolute atomic E-state index is 0.120. The highest BCUT2D eigenvalue weighted by atomic mass is 16.5. The van der Waals surface area contributed by atoms with E-state index >= 15 is 0 Å². The molecule has 0 spiro atoms. The smallest absolute Gasteiger partial charge is 0.236 e. The van der Waals surface area contributed by atoms with Crippen molar-refractivity contribution in [3.8, 4) is 34.8 Å². The molecule has 3 N–H and O–H groups in total. The van der Waals surface area contributed by atoms with E-state index < -0.39 is 6.10 Å². The first-order chi connectivity index (χ1) is 13.5. The van der Waals surface area contributed by atoms with Gasteiger partial charge in [-0.3, -0.25) is 4.98 Å². The van der Waals surface area contributed by atoms with Gasteiger partial charge in [-0.05, 0) is 31.2 Å². The quantitative estimate of drug-likeness (QED) is 0.647. The van der Waals surface area contributed by atoms with Gasteiger partial charge in [0.05, 0.1) is 36.1 Å². The molecule has 144 valence electrons. The lowest BCUT2D eigenvalue weighted by molar-refractivity contribution is 0.186. The highest BCUT2D eigenvalue weighted by Crippen LogP contribution is 2.34. The Morgan fingerprint density at radius 1 is 1.29 bits per heavy atom. The van der Waals surface area contributed by atoms with Gasteiger partial charge in [0.15, 0.2) is 0 Å². The highest BCUT2D eigenvalue weighted by molar-refractivity contribution is 5.69. The molecule has 0 saturated carbocycles. The van der Waals surface area contributed by atoms with Crippen molar-refractivity contribution in [2.75, 3.05) is 13.2 Å². The van der Waals surface area contributed by atoms with Gasteiger partial charge in [0.25, 0.3) is 0 Å². The lowest BCUT2D eigenvalue weighted by atomic mass is 10.1. The fraction of sp³-hybridized carbons (Fsp3) is 0.250. The topological polar surface area (TPSA) is 119 Å². The molecule has 0 bridgehead atoms. The van der Waals surface area contributed by atoms with Gasteiger partial charge in [-0.1, -0.05) is 6.07 Å². The molecule has 2 aromatic heterocycles. The number of aryl methyl sites for hydroxylation is 1. The van der Waals surface area contributed by atoms with Crippen LogP contribution in [0.4, 0.5) is 0 Å². The number of ether oxygens (including phenoxy) is 2. The summed E-state index contributed by atoms with van der Waals surface area (Å²) >= 11 is 0. The molecule has 8 heteroatoms. The van der Waals surface area contributed by atoms with Crippen LogP contribution in [0.3, 0.4) is 0 Å². The molecule has 0 radical (unpaired) electrons. The Bertz CT molecular complexity index is 992. The SMILES string of the molecule is CCOc1cc(Oc2cc(C#N)ccc2-c2ccc([C@H](O)CN)cn2)n(C)n1. The van der Waals surface area contributed by atoms with Gasteiger partial charge in [-0.25, -0.2) is 4.68 Å². The summed E-state index contributed by atoms with van der Waals surface area (Å²) in [5, 5.41) is 23.3. The second kappa shape index (κ2) is 8.52. The molecule has 8 nitrogen and oxygen atoms in total. The average Bonchev–Trinajstić information content (AvgIpc) is 3.06. The molecule has 0 unspecified atom stereocenters. The normalized spacial score (nSPS) is 11.7. The first-order valence-corrected chi connectivity index (χ1v) is 8.79. The molecule has 3 rings (SSSR count). The first kappa shape index (κ1) is 19.4. The van der Waals surface area contributed by atoms with E-state index in [0.717, 1.165) is 0 Å². The van der Waals surface area contributed by atoms with E-state index in [-0.39, 0.29) is 6.54 Å². The summed E-state index contributed by atoms with van der Waals surface area (Å²) in [6.45, 7) is 2.49. The van der Waals surface area contributed by atoms with E-state index in [9.17, 15) is 10.4 Å². The lowest BCUT2D eigenvalue weighted by Crippen LogP contribution is -2.11. The first-order valence-electron chi connectivity index (χ1n) is 8.79. The second-order valence-electron chi connectivity index (χ2n) is 6.03. The van der Waals surface area contributed by atoms with Gasteiger partial charge in [0.1, 0.15) is 5.75 Å². The molecule has 1 atom stereocenters. The number of hydrogen-bond acceptors (Lipinski definition) is 7. The number of benzene rings is 1. The van der Waals surface area contributed by atoms with Crippen molar-refractivity contribution in [3.63, 3.8) is 0 Å². The van der Waals surface area contributed by atoms with Crippen LogP contribution in [0, 0.1) is 11.3 Å². The van der Waals surface area contributed by atoms with E-state index in [4.69, 9.17) is 15.2 Å². The molecule has 28 heavy (non-hydrogen) atoms. The van der Waals surface area contributed by atoms with Crippen molar-refractivity contribution in [2.45, 2.75) is 13.0 Å². The minimum atomic E-state index is -0.760. The Kier molecular flexibility index (Phi) is 5.89. The van der Waals surface area contributed by atoms with Crippen LogP contribution in [-0.4, -0.2) is 33.0 Å². The summed E-state index contributed by atoms with van der Waals surface area (Å²) in [5.41, 5.74) is 7.92. The molecule has 0 saturated heterocycles. The number of aromatic nitrogens is 3. The molecule has 0 aliphatic carbocycles. The summed E-state index contributed by atoms with van der Waals surface area (Å²) in [6, 6.07) is 12.4. The monoisotopic (exact) mass is 379 g/mol. The third kappa shape index (κ3) is 4.11. The number of nitrogens with two attached hydrogens (primary N) is 1. The van der Waals surface area contributed by atoms with Gasteiger partial charge in [0.2, 0.25) is 11.8 Å². The minimum Gasteiger partial charge on any atom is -0.477 e. The predicted molar refractivity (Wildman–Crippen MR) is 103 cm³/mol. The fourth-order valence-electron chi connectivity index (χ4n) is 2.64. The Morgan fingerprint density at radius 2 is 2.11 bits per heavy atom. The number of aliphatic hydroxyl groups excluding tert-OH is 1. The zero-order valence-corrected chi connectivity index (χ0v) is 15.7. The van der Waals surface area contributed by atoms with Crippen LogP contribution < -0.4 is 15.2 Å². The van der Waals surface area contributed by atoms with Crippen molar-refractivity contribution in [3.05, 3.63) is 53.7 Å². The van der Waals surface area contributed by atoms with Crippen LogP contribution >= 0.6 is 0 Å². The number of nitriles is 1. The maximum atomic E-state index is 9.84. The van der Waals surface area contributed by atoms with Crippen LogP contribution in [0.15, 0.2) is 42.6 Å². The Labute approximate surface area is 162 Å². The molecular formula is C20H21N5O3. The number of rotatable bonds is 7. The second-order valence-corrected chi connectivity index (χ2v) is 6.03. The maximum Gasteiger partial charge on any atom is 0.236 e. The molecule has 0 fully saturated rings. The van der Waals surface area contributed by atoms with Crippen molar-refractivity contribution in [1.29, 1.82) is 5.26 Å². The van der Waals surface area contributed by atoms with Crippen LogP contribution in [-0.2, 0) is 7.05 Å². The van der Waals surface area contributed by atoms with Crippen LogP contribution in [0.2, 0.25) is 0 Å². The van der Waals surface area contributed by atoms with E-state index in [0.29, 0.717) is 46.5 Å². The molecule has 2 heterocycles. The fourth-order valence-corrected chi connectivity index (χ4v) is 2.64. The Balaban J connectivity index is 1.98. The van der Waals surface area contributed by atoms with E-state index in [1.807, 2.05) is 6.92 Å². The lowest BCUT2D eigenvalue weighted by Gasteiger charge is -2.12. The highest BCUT2D eigenvalue weighted by Gasteiger charge is 2.15. The summed E-state index contributed by atoms with van der Waals surface area (Å²) < 4.78 is 13.0. The van der Waals surface area contributed by atoms with Gasteiger partial charge in [-0.2, -0.15) is 5.26 Å². The molecule has 1 aromatic carbocycles. The van der Waals surface area contributed by atoms with Crippen molar-refractivity contribution >= 4 is 0 Å².